The monoisotopic (exact) mass is 1050 g/mol. The maximum atomic E-state index is 14.2. The first-order valence-electron chi connectivity index (χ1n) is 23.2. The lowest BCUT2D eigenvalue weighted by atomic mass is 10.0. The van der Waals surface area contributed by atoms with Crippen molar-refractivity contribution in [3.05, 3.63) is 135 Å². The largest absolute Gasteiger partial charge is 0.514 e. The van der Waals surface area contributed by atoms with Gasteiger partial charge in [0, 0.05) is 36.9 Å². The summed E-state index contributed by atoms with van der Waals surface area (Å²) in [6.45, 7) is -1.62. The molecule has 4 aliphatic rings. The first-order valence-corrected chi connectivity index (χ1v) is 23.2. The van der Waals surface area contributed by atoms with Gasteiger partial charge in [-0.05, 0) is 99.9 Å². The number of anilines is 2. The molecule has 402 valence electrons. The minimum atomic E-state index is -3.81. The molecule has 0 saturated carbocycles. The van der Waals surface area contributed by atoms with Gasteiger partial charge in [0.15, 0.2) is 12.2 Å². The van der Waals surface area contributed by atoms with Gasteiger partial charge >= 0.3 is 35.5 Å². The van der Waals surface area contributed by atoms with E-state index >= 15 is 0 Å². The molecular weight excluding hydrogens is 993 g/mol. The summed E-state index contributed by atoms with van der Waals surface area (Å²) in [6.07, 6.45) is 8.99. The highest BCUT2D eigenvalue weighted by Gasteiger charge is 2.60. The van der Waals surface area contributed by atoms with Gasteiger partial charge in [-0.1, -0.05) is 31.1 Å². The highest BCUT2D eigenvalue weighted by atomic mass is 19.3. The van der Waals surface area contributed by atoms with E-state index in [1.807, 2.05) is 42.5 Å². The number of aromatic nitrogens is 5. The van der Waals surface area contributed by atoms with Crippen LogP contribution in [-0.4, -0.2) is 123 Å². The fraction of sp³-hybridized carbons (Fsp3) is 0.468. The summed E-state index contributed by atoms with van der Waals surface area (Å²) < 4.78 is 82.0. The van der Waals surface area contributed by atoms with Gasteiger partial charge in [-0.2, -0.15) is 27.5 Å². The maximum Gasteiger partial charge on any atom is 0.514 e. The number of nitrogen functional groups attached to an aromatic ring is 1. The van der Waals surface area contributed by atoms with E-state index < -0.39 is 96.6 Å². The first kappa shape index (κ1) is 57.7. The molecule has 1 amide bonds. The third-order valence-electron chi connectivity index (χ3n) is 11.3. The van der Waals surface area contributed by atoms with E-state index in [2.05, 4.69) is 20.3 Å². The van der Waals surface area contributed by atoms with Crippen LogP contribution >= 0.6 is 0 Å². The van der Waals surface area contributed by atoms with Crippen molar-refractivity contribution < 1.29 is 76.2 Å². The average Bonchev–Trinajstić information content (AvgIpc) is 3.72. The number of amides is 1. The van der Waals surface area contributed by atoms with E-state index in [1.54, 1.807) is 12.4 Å². The Hall–Kier alpha value is -7.17. The van der Waals surface area contributed by atoms with Crippen LogP contribution in [0.25, 0.3) is 0 Å². The molecule has 27 heteroatoms. The lowest BCUT2D eigenvalue weighted by molar-refractivity contribution is -0.384. The molecule has 7 N–H and O–H groups in total. The van der Waals surface area contributed by atoms with Crippen LogP contribution in [0, 0.1) is 10.1 Å². The van der Waals surface area contributed by atoms with Gasteiger partial charge in [-0.15, -0.1) is 0 Å². The molecule has 8 atom stereocenters. The van der Waals surface area contributed by atoms with E-state index in [4.69, 9.17) is 39.6 Å². The highest BCUT2D eigenvalue weighted by Crippen LogP contribution is 2.43. The Morgan fingerprint density at radius 1 is 0.757 bits per heavy atom. The fourth-order valence-electron chi connectivity index (χ4n) is 7.42. The highest BCUT2D eigenvalue weighted by molar-refractivity contribution is 5.83. The van der Waals surface area contributed by atoms with Gasteiger partial charge in [0.25, 0.3) is 5.69 Å². The van der Waals surface area contributed by atoms with Crippen molar-refractivity contribution in [1.82, 2.24) is 24.1 Å². The Kier molecular flexibility index (Phi) is 21.7. The normalized spacial score (nSPS) is 25.6. The third-order valence-corrected chi connectivity index (χ3v) is 11.3. The number of aliphatic hydroxyl groups excluding tert-OH is 4. The van der Waals surface area contributed by atoms with Crippen molar-refractivity contribution in [2.45, 2.75) is 125 Å². The minimum Gasteiger partial charge on any atom is -0.442 e. The molecule has 3 aromatic heterocycles. The number of halogens is 4. The first-order chi connectivity index (χ1) is 35.3. The summed E-state index contributed by atoms with van der Waals surface area (Å²) in [4.78, 5) is 67.9. The molecular formula is C47H56F4N8O15. The van der Waals surface area contributed by atoms with Gasteiger partial charge < -0.3 is 49.8 Å². The summed E-state index contributed by atoms with van der Waals surface area (Å²) in [5.74, 6) is -7.59. The number of nitrogens with one attached hydrogen (secondary N) is 1. The fourth-order valence-corrected chi connectivity index (χ4v) is 7.42. The third kappa shape index (κ3) is 16.4. The number of ether oxygens (including phenoxy) is 5. The number of pyridine rings is 1. The van der Waals surface area contributed by atoms with Crippen molar-refractivity contribution in [2.75, 3.05) is 24.3 Å². The number of benzene rings is 1. The summed E-state index contributed by atoms with van der Waals surface area (Å²) in [5.41, 5.74) is 3.03. The predicted molar refractivity (Wildman–Crippen MR) is 252 cm³/mol. The molecule has 5 heterocycles. The Labute approximate surface area is 419 Å². The number of hydrogen-bond donors (Lipinski definition) is 6. The number of alkyl halides is 4. The van der Waals surface area contributed by atoms with Crippen LogP contribution in [0.2, 0.25) is 0 Å². The molecule has 2 saturated heterocycles. The summed E-state index contributed by atoms with van der Waals surface area (Å²) in [5, 5.41) is 49.5. The number of carbonyl (C=O) groups is 2. The summed E-state index contributed by atoms with van der Waals surface area (Å²) in [7, 11) is 0. The van der Waals surface area contributed by atoms with Crippen LogP contribution in [0.3, 0.4) is 0 Å². The molecule has 2 aliphatic carbocycles. The average molecular weight is 1050 g/mol. The number of non-ortho nitro benzene ring substituents is 1. The SMILES string of the molecule is Nc1ccn(C2OC(CO)[C@H](O)C2(F)F)c(=O)n1.O=C(Nc1ccn(C2OC(CO)[C@H](O)C2(F)F)c(=O)n1)OC1/C=C/CCCCC1.O=C(Oc1ccc([N+](=O)[O-])cc1)OC1/C=C/CCCCC1.c1ccncc1. The number of carbonyl (C=O) groups excluding carboxylic acids is 2. The topological polar surface area (TPSA) is 325 Å². The second-order valence-corrected chi connectivity index (χ2v) is 16.7. The number of nitro benzene ring substituents is 1. The number of nitrogens with zero attached hydrogens (tertiary/aromatic N) is 6. The molecule has 2 aliphatic heterocycles. The molecule has 8 rings (SSSR count). The van der Waals surface area contributed by atoms with Crippen LogP contribution in [0.15, 0.2) is 113 Å². The van der Waals surface area contributed by atoms with Crippen molar-refractivity contribution in [3.8, 4) is 5.75 Å². The van der Waals surface area contributed by atoms with E-state index in [-0.39, 0.29) is 29.2 Å². The van der Waals surface area contributed by atoms with Crippen LogP contribution in [0.4, 0.5) is 44.5 Å². The van der Waals surface area contributed by atoms with Gasteiger partial charge in [0.1, 0.15) is 41.8 Å². The van der Waals surface area contributed by atoms with E-state index in [0.717, 1.165) is 82.3 Å². The molecule has 1 aromatic carbocycles. The van der Waals surface area contributed by atoms with Crippen molar-refractivity contribution in [2.24, 2.45) is 0 Å². The zero-order valence-corrected chi connectivity index (χ0v) is 39.5. The van der Waals surface area contributed by atoms with Gasteiger partial charge in [0.2, 0.25) is 12.5 Å². The zero-order chi connectivity index (χ0) is 53.8. The van der Waals surface area contributed by atoms with Crippen LogP contribution in [0.5, 0.6) is 5.75 Å². The number of hydrogen-bond acceptors (Lipinski definition) is 19. The number of nitro groups is 1. The van der Waals surface area contributed by atoms with E-state index in [9.17, 15) is 57.1 Å². The Balaban J connectivity index is 0.000000199. The van der Waals surface area contributed by atoms with Crippen LogP contribution in [-0.2, 0) is 18.9 Å². The lowest BCUT2D eigenvalue weighted by Crippen LogP contribution is -2.41. The van der Waals surface area contributed by atoms with Gasteiger partial charge in [-0.25, -0.2) is 19.2 Å². The molecule has 0 spiro atoms. The maximum absolute atomic E-state index is 14.2. The predicted octanol–water partition coefficient (Wildman–Crippen LogP) is 5.36. The van der Waals surface area contributed by atoms with Crippen molar-refractivity contribution >= 4 is 29.6 Å². The zero-order valence-electron chi connectivity index (χ0n) is 39.5. The lowest BCUT2D eigenvalue weighted by Gasteiger charge is -2.21. The van der Waals surface area contributed by atoms with Crippen molar-refractivity contribution in [1.29, 1.82) is 0 Å². The van der Waals surface area contributed by atoms with Gasteiger partial charge in [0.05, 0.1) is 18.1 Å². The number of nitrogens with two attached hydrogens (primary N) is 1. The molecule has 4 aromatic rings. The van der Waals surface area contributed by atoms with E-state index in [1.165, 1.54) is 24.3 Å². The molecule has 6 unspecified atom stereocenters. The van der Waals surface area contributed by atoms with Crippen LogP contribution < -0.4 is 27.2 Å². The Morgan fingerprint density at radius 2 is 1.27 bits per heavy atom. The standard InChI is InChI=1S/C18H23F2N3O6.C15H17NO5.C9H11F2N3O4.C5H5N/c19-18(20)14(25)12(10-24)29-15(18)23-9-8-13(21-16(23)26)22-17(27)28-11-6-4-2-1-3-5-7-11;17-15(20-13-6-4-2-1-3-5-7-13)21-14-10-8-12(9-11-14)16(18)19;10-9(11)6(16)4(3-15)18-7(9)14-2-1-5(12)13-8(14)17;1-2-4-6-5-3-1/h4,6,8-9,11-12,14-15,24-25H,1-3,5,7,10H2,(H,21,22,26,27);4,6,8-11,13H,1-3,5,7H2;1-2,4,6-7,15-16H,3H2,(H2,12,13,17);1-5H/b2*6-4+;;/t11?,12?,14-,15?;;4?,6-,7?;/m0.0./s1. The summed E-state index contributed by atoms with van der Waals surface area (Å²) in [6, 6.07) is 13.3. The second kappa shape index (κ2) is 27.8. The minimum absolute atomic E-state index is 0.0568. The molecule has 74 heavy (non-hydrogen) atoms. The summed E-state index contributed by atoms with van der Waals surface area (Å²) >= 11 is 0. The van der Waals surface area contributed by atoms with Crippen LogP contribution in [0.1, 0.15) is 76.7 Å². The van der Waals surface area contributed by atoms with E-state index in [0.29, 0.717) is 15.6 Å². The van der Waals surface area contributed by atoms with Crippen molar-refractivity contribution in [3.63, 3.8) is 0 Å². The number of rotatable bonds is 9. The quantitative estimate of drug-likeness (QED) is 0.0307. The second-order valence-electron chi connectivity index (χ2n) is 16.7. The molecule has 0 bridgehead atoms. The number of allylic oxidation sites excluding steroid dienone is 2. The number of aliphatic hydroxyl groups is 4. The molecule has 2 fully saturated rings. The van der Waals surface area contributed by atoms with Gasteiger partial charge in [-0.3, -0.25) is 29.5 Å². The molecule has 23 nitrogen and oxygen atoms in total. The Bertz CT molecular complexity index is 2590. The smallest absolute Gasteiger partial charge is 0.442 e. The Morgan fingerprint density at radius 3 is 1.72 bits per heavy atom. The molecule has 0 radical (unpaired) electrons.